The first-order chi connectivity index (χ1) is 19.1. The van der Waals surface area contributed by atoms with Crippen molar-refractivity contribution in [2.75, 3.05) is 19.1 Å². The zero-order chi connectivity index (χ0) is 28.5. The van der Waals surface area contributed by atoms with E-state index < -0.39 is 52.9 Å². The summed E-state index contributed by atoms with van der Waals surface area (Å²) in [6.45, 7) is 1.76. The molecule has 40 heavy (non-hydrogen) atoms. The first-order valence-electron chi connectivity index (χ1n) is 13.1. The van der Waals surface area contributed by atoms with Gasteiger partial charge in [0.1, 0.15) is 0 Å². The van der Waals surface area contributed by atoms with Crippen LogP contribution < -0.4 is 9.64 Å². The number of benzene rings is 2. The summed E-state index contributed by atoms with van der Waals surface area (Å²) in [6, 6.07) is 13.5. The number of rotatable bonds is 3. The Kier molecular flexibility index (Phi) is 5.83. The van der Waals surface area contributed by atoms with Gasteiger partial charge in [-0.15, -0.1) is 0 Å². The molecule has 2 aliphatic carbocycles. The van der Waals surface area contributed by atoms with Crippen molar-refractivity contribution in [3.63, 3.8) is 0 Å². The summed E-state index contributed by atoms with van der Waals surface area (Å²) in [5.74, 6) is -5.64. The minimum atomic E-state index is -1.24. The van der Waals surface area contributed by atoms with Crippen LogP contribution in [0.1, 0.15) is 31.2 Å². The Balaban J connectivity index is 1.52. The van der Waals surface area contributed by atoms with Crippen LogP contribution >= 0.6 is 0 Å². The summed E-state index contributed by atoms with van der Waals surface area (Å²) in [4.78, 5) is 69.1. The van der Waals surface area contributed by atoms with Crippen LogP contribution in [-0.2, 0) is 23.9 Å². The number of methoxy groups -OCH3 is 2. The van der Waals surface area contributed by atoms with E-state index in [2.05, 4.69) is 0 Å². The zero-order valence-corrected chi connectivity index (χ0v) is 22.2. The molecule has 2 aromatic carbocycles. The summed E-state index contributed by atoms with van der Waals surface area (Å²) in [6.07, 6.45) is 1.18. The quantitative estimate of drug-likeness (QED) is 0.460. The highest BCUT2D eigenvalue weighted by Crippen LogP contribution is 2.63. The molecule has 2 saturated heterocycles. The van der Waals surface area contributed by atoms with Gasteiger partial charge in [-0.05, 0) is 55.5 Å². The van der Waals surface area contributed by atoms with Crippen LogP contribution in [0.25, 0.3) is 0 Å². The van der Waals surface area contributed by atoms with Gasteiger partial charge in [0.2, 0.25) is 23.6 Å². The van der Waals surface area contributed by atoms with Crippen LogP contribution in [0.5, 0.6) is 11.5 Å². The van der Waals surface area contributed by atoms with Gasteiger partial charge in [0.25, 0.3) is 0 Å². The molecule has 0 spiro atoms. The summed E-state index contributed by atoms with van der Waals surface area (Å²) < 4.78 is 9.93. The monoisotopic (exact) mass is 544 g/mol. The largest absolute Gasteiger partial charge is 0.504 e. The van der Waals surface area contributed by atoms with E-state index >= 15 is 0 Å². The lowest BCUT2D eigenvalue weighted by molar-refractivity contribution is -0.138. The number of allylic oxidation sites excluding steroid dienone is 2. The third kappa shape index (κ3) is 3.31. The van der Waals surface area contributed by atoms with Crippen molar-refractivity contribution in [3.05, 3.63) is 65.7 Å². The molecule has 10 nitrogen and oxygen atoms in total. The van der Waals surface area contributed by atoms with E-state index in [1.165, 1.54) is 18.1 Å². The first kappa shape index (κ1) is 25.8. The molecule has 0 aromatic heterocycles. The molecule has 6 unspecified atom stereocenters. The molecule has 5 amide bonds. The second-order valence-corrected chi connectivity index (χ2v) is 10.9. The maximum absolute atomic E-state index is 14.3. The lowest BCUT2D eigenvalue weighted by Gasteiger charge is -2.49. The van der Waals surface area contributed by atoms with Crippen molar-refractivity contribution in [1.29, 1.82) is 0 Å². The van der Waals surface area contributed by atoms with E-state index in [0.717, 1.165) is 12.7 Å². The lowest BCUT2D eigenvalue weighted by atomic mass is 9.51. The third-order valence-electron chi connectivity index (χ3n) is 9.18. The topological polar surface area (TPSA) is 131 Å². The van der Waals surface area contributed by atoms with E-state index in [-0.39, 0.29) is 36.2 Å². The van der Waals surface area contributed by atoms with Crippen LogP contribution in [0.2, 0.25) is 0 Å². The average Bonchev–Trinajstić information content (AvgIpc) is 3.32. The molecule has 6 rings (SSSR count). The lowest BCUT2D eigenvalue weighted by Crippen LogP contribution is -2.49. The van der Waals surface area contributed by atoms with Gasteiger partial charge in [-0.25, -0.2) is 9.69 Å². The zero-order valence-electron chi connectivity index (χ0n) is 22.2. The molecule has 4 aliphatic rings. The number of phenols is 1. The normalized spacial score (nSPS) is 31.0. The van der Waals surface area contributed by atoms with E-state index in [1.807, 2.05) is 6.08 Å². The van der Waals surface area contributed by atoms with Crippen molar-refractivity contribution in [1.82, 2.24) is 4.90 Å². The molecule has 2 heterocycles. The maximum atomic E-state index is 14.3. The number of aromatic hydroxyl groups is 1. The van der Waals surface area contributed by atoms with Crippen molar-refractivity contribution >= 4 is 35.4 Å². The second kappa shape index (κ2) is 9.04. The first-order valence-corrected chi connectivity index (χ1v) is 13.1. The molecule has 2 aromatic rings. The SMILES string of the molecule is COC(=O)N1C(=O)C2CC=C3C(CC4C(=O)N(c5ccccc5)C(=O)C4(C)C3c3ccc(OC)c(O)c3)C2C1=O. The molecule has 10 heteroatoms. The van der Waals surface area contributed by atoms with E-state index in [0.29, 0.717) is 16.2 Å². The number of carbonyl (C=O) groups excluding carboxylic acids is 5. The molecular weight excluding hydrogens is 516 g/mol. The van der Waals surface area contributed by atoms with Crippen LogP contribution in [0, 0.1) is 29.1 Å². The molecule has 0 radical (unpaired) electrons. The summed E-state index contributed by atoms with van der Waals surface area (Å²) >= 11 is 0. The highest BCUT2D eigenvalue weighted by Gasteiger charge is 2.68. The van der Waals surface area contributed by atoms with E-state index in [9.17, 15) is 29.1 Å². The Labute approximate surface area is 230 Å². The molecular formula is C30H28N2O8. The maximum Gasteiger partial charge on any atom is 0.423 e. The number of para-hydroxylation sites is 1. The van der Waals surface area contributed by atoms with Crippen molar-refractivity contribution in [2.24, 2.45) is 29.1 Å². The van der Waals surface area contributed by atoms with Gasteiger partial charge >= 0.3 is 6.09 Å². The third-order valence-corrected chi connectivity index (χ3v) is 9.18. The van der Waals surface area contributed by atoms with Gasteiger partial charge in [-0.2, -0.15) is 4.90 Å². The Morgan fingerprint density at radius 1 is 0.975 bits per heavy atom. The Hall–Kier alpha value is -4.47. The number of anilines is 1. The van der Waals surface area contributed by atoms with Crippen molar-refractivity contribution < 1.29 is 38.6 Å². The van der Waals surface area contributed by atoms with Crippen molar-refractivity contribution in [3.8, 4) is 11.5 Å². The smallest absolute Gasteiger partial charge is 0.423 e. The van der Waals surface area contributed by atoms with Gasteiger partial charge in [-0.3, -0.25) is 19.2 Å². The molecule has 2 aliphatic heterocycles. The predicted molar refractivity (Wildman–Crippen MR) is 140 cm³/mol. The Morgan fingerprint density at radius 2 is 1.70 bits per heavy atom. The number of imide groups is 4. The van der Waals surface area contributed by atoms with Crippen LogP contribution in [0.4, 0.5) is 10.5 Å². The molecule has 3 fully saturated rings. The van der Waals surface area contributed by atoms with Crippen LogP contribution in [0.3, 0.4) is 0 Å². The molecule has 206 valence electrons. The fourth-order valence-corrected chi connectivity index (χ4v) is 7.38. The van der Waals surface area contributed by atoms with Crippen LogP contribution in [-0.4, -0.2) is 53.9 Å². The standard InChI is InChI=1S/C30H28N2O8/c1-30-20(26(35)31(28(30)37)16-7-5-4-6-8-16)14-19-17(24(30)15-9-12-22(39-2)21(33)13-15)10-11-18-23(19)27(36)32(25(18)34)29(38)40-3/h4-10,12-13,18-20,23-24,33H,11,14H2,1-3H3. The predicted octanol–water partition coefficient (Wildman–Crippen LogP) is 3.40. The number of fused-ring (bicyclic) bond motifs is 4. The number of nitrogens with zero attached hydrogens (tertiary/aromatic N) is 2. The second-order valence-electron chi connectivity index (χ2n) is 10.9. The highest BCUT2D eigenvalue weighted by molar-refractivity contribution is 6.24. The summed E-state index contributed by atoms with van der Waals surface area (Å²) in [5.41, 5.74) is 0.534. The van der Waals surface area contributed by atoms with E-state index in [1.54, 1.807) is 49.4 Å². The van der Waals surface area contributed by atoms with Crippen molar-refractivity contribution in [2.45, 2.75) is 25.7 Å². The Bertz CT molecular complexity index is 1500. The number of hydrogen-bond acceptors (Lipinski definition) is 8. The van der Waals surface area contributed by atoms with Gasteiger partial charge in [0.05, 0.1) is 43.1 Å². The minimum absolute atomic E-state index is 0.128. The number of phenolic OH excluding ortho intramolecular Hbond substituents is 1. The minimum Gasteiger partial charge on any atom is -0.504 e. The molecule has 0 bridgehead atoms. The van der Waals surface area contributed by atoms with Gasteiger partial charge in [0.15, 0.2) is 11.5 Å². The number of likely N-dealkylation sites (tertiary alicyclic amines) is 1. The Morgan fingerprint density at radius 3 is 2.35 bits per heavy atom. The molecule has 1 N–H and O–H groups in total. The van der Waals surface area contributed by atoms with E-state index in [4.69, 9.17) is 9.47 Å². The number of hydrogen-bond donors (Lipinski definition) is 1. The van der Waals surface area contributed by atoms with Gasteiger partial charge in [-0.1, -0.05) is 35.9 Å². The average molecular weight is 545 g/mol. The highest BCUT2D eigenvalue weighted by atomic mass is 16.5. The fourth-order valence-electron chi connectivity index (χ4n) is 7.38. The van der Waals surface area contributed by atoms with Crippen LogP contribution in [0.15, 0.2) is 60.2 Å². The van der Waals surface area contributed by atoms with Gasteiger partial charge in [0, 0.05) is 5.92 Å². The summed E-state index contributed by atoms with van der Waals surface area (Å²) in [5, 5.41) is 10.7. The fraction of sp³-hybridized carbons (Fsp3) is 0.367. The molecule has 1 saturated carbocycles. The summed E-state index contributed by atoms with van der Waals surface area (Å²) in [7, 11) is 2.53. The molecule has 6 atom stereocenters. The van der Waals surface area contributed by atoms with Gasteiger partial charge < -0.3 is 14.6 Å². The number of carbonyl (C=O) groups is 5. The number of ether oxygens (including phenoxy) is 2. The number of amides is 5.